The molecule has 2 aromatic carbocycles. The molecular formula is C22H27N7O. The van der Waals surface area contributed by atoms with Crippen molar-refractivity contribution in [2.75, 3.05) is 27.7 Å². The highest BCUT2D eigenvalue weighted by molar-refractivity contribution is 5.94. The van der Waals surface area contributed by atoms with Crippen molar-refractivity contribution in [2.45, 2.75) is 13.0 Å². The molecule has 3 aromatic rings. The highest BCUT2D eigenvalue weighted by Crippen LogP contribution is 2.15. The van der Waals surface area contributed by atoms with Crippen molar-refractivity contribution >= 4 is 11.9 Å². The number of nitrogens with one attached hydrogen (secondary N) is 3. The van der Waals surface area contributed by atoms with Gasteiger partial charge < -0.3 is 15.5 Å². The number of hydrogen-bond acceptors (Lipinski definition) is 4. The smallest absolute Gasteiger partial charge is 0.253 e. The van der Waals surface area contributed by atoms with E-state index in [-0.39, 0.29) is 5.91 Å². The maximum absolute atomic E-state index is 12.1. The molecule has 0 fully saturated rings. The second-order valence-corrected chi connectivity index (χ2v) is 7.04. The van der Waals surface area contributed by atoms with Crippen molar-refractivity contribution < 1.29 is 4.79 Å². The molecule has 0 atom stereocenters. The van der Waals surface area contributed by atoms with Gasteiger partial charge in [-0.3, -0.25) is 14.9 Å². The molecule has 0 aliphatic heterocycles. The highest BCUT2D eigenvalue weighted by atomic mass is 16.2. The van der Waals surface area contributed by atoms with Crippen molar-refractivity contribution in [2.24, 2.45) is 4.99 Å². The summed E-state index contributed by atoms with van der Waals surface area (Å²) in [4.78, 5) is 22.2. The van der Waals surface area contributed by atoms with Gasteiger partial charge in [-0.15, -0.1) is 0 Å². The zero-order chi connectivity index (χ0) is 21.3. The lowest BCUT2D eigenvalue weighted by molar-refractivity contribution is 0.0827. The number of aromatic amines is 1. The van der Waals surface area contributed by atoms with E-state index in [2.05, 4.69) is 36.9 Å². The van der Waals surface area contributed by atoms with Gasteiger partial charge in [-0.05, 0) is 35.7 Å². The fraction of sp³-hybridized carbons (Fsp3) is 0.273. The fourth-order valence-electron chi connectivity index (χ4n) is 3.02. The van der Waals surface area contributed by atoms with Crippen LogP contribution in [-0.4, -0.2) is 59.6 Å². The van der Waals surface area contributed by atoms with E-state index in [0.717, 1.165) is 34.9 Å². The van der Waals surface area contributed by atoms with Gasteiger partial charge in [0, 0.05) is 45.4 Å². The number of carbonyl (C=O) groups is 1. The lowest BCUT2D eigenvalue weighted by atomic mass is 10.1. The Morgan fingerprint density at radius 1 is 1.10 bits per heavy atom. The van der Waals surface area contributed by atoms with Crippen LogP contribution in [0.1, 0.15) is 21.5 Å². The maximum Gasteiger partial charge on any atom is 0.253 e. The number of amides is 1. The predicted molar refractivity (Wildman–Crippen MR) is 118 cm³/mol. The first kappa shape index (κ1) is 21.0. The number of H-pyrrole nitrogens is 1. The molecule has 0 bridgehead atoms. The molecule has 0 aliphatic carbocycles. The van der Waals surface area contributed by atoms with Crippen LogP contribution in [0.3, 0.4) is 0 Å². The van der Waals surface area contributed by atoms with Crippen molar-refractivity contribution in [1.29, 1.82) is 0 Å². The third kappa shape index (κ3) is 5.66. The minimum atomic E-state index is 0.00912. The van der Waals surface area contributed by atoms with Crippen LogP contribution in [0.4, 0.5) is 0 Å². The summed E-state index contributed by atoms with van der Waals surface area (Å²) in [6.07, 6.45) is 2.29. The summed E-state index contributed by atoms with van der Waals surface area (Å²) in [7, 11) is 5.26. The van der Waals surface area contributed by atoms with Gasteiger partial charge >= 0.3 is 0 Å². The van der Waals surface area contributed by atoms with E-state index < -0.39 is 0 Å². The van der Waals surface area contributed by atoms with Gasteiger partial charge in [-0.1, -0.05) is 30.3 Å². The second-order valence-electron chi connectivity index (χ2n) is 7.04. The van der Waals surface area contributed by atoms with Crippen molar-refractivity contribution in [3.63, 3.8) is 0 Å². The molecule has 8 heteroatoms. The molecular weight excluding hydrogens is 378 g/mol. The minimum Gasteiger partial charge on any atom is -0.356 e. The molecule has 1 heterocycles. The topological polar surface area (TPSA) is 98.3 Å². The Morgan fingerprint density at radius 3 is 2.63 bits per heavy atom. The van der Waals surface area contributed by atoms with Crippen LogP contribution in [0.15, 0.2) is 59.9 Å². The largest absolute Gasteiger partial charge is 0.356 e. The van der Waals surface area contributed by atoms with Gasteiger partial charge in [0.1, 0.15) is 6.33 Å². The zero-order valence-electron chi connectivity index (χ0n) is 17.5. The van der Waals surface area contributed by atoms with Crippen molar-refractivity contribution in [3.05, 3.63) is 71.5 Å². The van der Waals surface area contributed by atoms with Gasteiger partial charge in [0.2, 0.25) is 0 Å². The van der Waals surface area contributed by atoms with E-state index in [1.807, 2.05) is 42.5 Å². The number of nitrogens with zero attached hydrogens (tertiary/aromatic N) is 4. The summed E-state index contributed by atoms with van der Waals surface area (Å²) >= 11 is 0. The molecule has 3 N–H and O–H groups in total. The predicted octanol–water partition coefficient (Wildman–Crippen LogP) is 2.08. The lowest BCUT2D eigenvalue weighted by Crippen LogP contribution is -2.37. The first-order valence-corrected chi connectivity index (χ1v) is 9.76. The van der Waals surface area contributed by atoms with Gasteiger partial charge in [0.15, 0.2) is 11.8 Å². The molecule has 0 spiro atoms. The van der Waals surface area contributed by atoms with Gasteiger partial charge in [-0.2, -0.15) is 5.10 Å². The normalized spacial score (nSPS) is 11.2. The molecule has 156 valence electrons. The van der Waals surface area contributed by atoms with Gasteiger partial charge in [0.05, 0.1) is 0 Å². The minimum absolute atomic E-state index is 0.00912. The molecule has 0 radical (unpaired) electrons. The van der Waals surface area contributed by atoms with E-state index >= 15 is 0 Å². The van der Waals surface area contributed by atoms with Crippen LogP contribution in [0.2, 0.25) is 0 Å². The number of aromatic nitrogens is 3. The average Bonchev–Trinajstić information content (AvgIpc) is 3.31. The van der Waals surface area contributed by atoms with E-state index in [4.69, 9.17) is 0 Å². The first-order valence-electron chi connectivity index (χ1n) is 9.76. The van der Waals surface area contributed by atoms with Crippen LogP contribution in [0, 0.1) is 0 Å². The summed E-state index contributed by atoms with van der Waals surface area (Å²) in [5.41, 5.74) is 3.90. The molecule has 1 aromatic heterocycles. The van der Waals surface area contributed by atoms with E-state index in [0.29, 0.717) is 18.7 Å². The first-order chi connectivity index (χ1) is 14.6. The Kier molecular flexibility index (Phi) is 7.15. The average molecular weight is 406 g/mol. The lowest BCUT2D eigenvalue weighted by Gasteiger charge is -2.13. The summed E-state index contributed by atoms with van der Waals surface area (Å²) in [6.45, 7) is 1.34. The maximum atomic E-state index is 12.1. The number of rotatable bonds is 7. The SMILES string of the molecule is CN=C(NCCc1cccc(C(=O)N(C)C)c1)NCc1cccc(-c2ncn[nH]2)c1. The highest BCUT2D eigenvalue weighted by Gasteiger charge is 2.08. The van der Waals surface area contributed by atoms with Crippen molar-refractivity contribution in [1.82, 2.24) is 30.7 Å². The Bertz CT molecular complexity index is 996. The number of hydrogen-bond donors (Lipinski definition) is 3. The zero-order valence-corrected chi connectivity index (χ0v) is 17.5. The van der Waals surface area contributed by atoms with Crippen LogP contribution in [0.5, 0.6) is 0 Å². The van der Waals surface area contributed by atoms with Crippen LogP contribution >= 0.6 is 0 Å². The van der Waals surface area contributed by atoms with Gasteiger partial charge in [-0.25, -0.2) is 4.98 Å². The Hall–Kier alpha value is -3.68. The molecule has 1 amide bonds. The summed E-state index contributed by atoms with van der Waals surface area (Å²) < 4.78 is 0. The second kappa shape index (κ2) is 10.2. The summed E-state index contributed by atoms with van der Waals surface area (Å²) in [6, 6.07) is 15.8. The third-order valence-electron chi connectivity index (χ3n) is 4.59. The molecule has 30 heavy (non-hydrogen) atoms. The molecule has 8 nitrogen and oxygen atoms in total. The molecule has 0 saturated heterocycles. The van der Waals surface area contributed by atoms with Crippen LogP contribution in [0.25, 0.3) is 11.4 Å². The standard InChI is InChI=1S/C22H27N7O/c1-23-22(24-11-10-16-6-4-9-19(12-16)21(30)29(2)3)25-14-17-7-5-8-18(13-17)20-26-15-27-28-20/h4-9,12-13,15H,10-11,14H2,1-3H3,(H2,23,24,25)(H,26,27,28). The number of aliphatic imine (C=N–C) groups is 1. The van der Waals surface area contributed by atoms with E-state index in [1.54, 1.807) is 26.0 Å². The van der Waals surface area contributed by atoms with Crippen LogP contribution < -0.4 is 10.6 Å². The number of guanidine groups is 1. The molecule has 3 rings (SSSR count). The van der Waals surface area contributed by atoms with Gasteiger partial charge in [0.25, 0.3) is 5.91 Å². The summed E-state index contributed by atoms with van der Waals surface area (Å²) in [5, 5.41) is 13.4. The Morgan fingerprint density at radius 2 is 1.90 bits per heavy atom. The fourth-order valence-corrected chi connectivity index (χ4v) is 3.02. The molecule has 0 aliphatic rings. The quantitative estimate of drug-likeness (QED) is 0.413. The Balaban J connectivity index is 1.51. The number of benzene rings is 2. The monoisotopic (exact) mass is 405 g/mol. The number of carbonyl (C=O) groups excluding carboxylic acids is 1. The van der Waals surface area contributed by atoms with E-state index in [9.17, 15) is 4.79 Å². The molecule has 0 saturated carbocycles. The molecule has 0 unspecified atom stereocenters. The summed E-state index contributed by atoms with van der Waals surface area (Å²) in [5.74, 6) is 1.48. The van der Waals surface area contributed by atoms with Crippen molar-refractivity contribution in [3.8, 4) is 11.4 Å². The van der Waals surface area contributed by atoms with Crippen LogP contribution in [-0.2, 0) is 13.0 Å². The van der Waals surface area contributed by atoms with E-state index in [1.165, 1.54) is 6.33 Å². The Labute approximate surface area is 176 Å². The third-order valence-corrected chi connectivity index (χ3v) is 4.59.